The molecule has 7 heteroatoms. The summed E-state index contributed by atoms with van der Waals surface area (Å²) in [6.07, 6.45) is 1.23. The van der Waals surface area contributed by atoms with Crippen LogP contribution in [0.4, 0.5) is 14.6 Å². The van der Waals surface area contributed by atoms with Gasteiger partial charge in [0.25, 0.3) is 5.92 Å². The normalized spacial score (nSPS) is 11.4. The van der Waals surface area contributed by atoms with Crippen molar-refractivity contribution in [3.05, 3.63) is 11.9 Å². The van der Waals surface area contributed by atoms with E-state index < -0.39 is 19.1 Å². The molecule has 1 rings (SSSR count). The summed E-state index contributed by atoms with van der Waals surface area (Å²) in [4.78, 5) is 7.72. The zero-order valence-electron chi connectivity index (χ0n) is 9.70. The summed E-state index contributed by atoms with van der Waals surface area (Å²) in [6.45, 7) is 2.01. The van der Waals surface area contributed by atoms with Crippen molar-refractivity contribution < 1.29 is 18.6 Å². The third-order valence-corrected chi connectivity index (χ3v) is 2.06. The number of alkyl halides is 2. The van der Waals surface area contributed by atoms with Gasteiger partial charge in [0.1, 0.15) is 18.8 Å². The summed E-state index contributed by atoms with van der Waals surface area (Å²) >= 11 is 0. The Bertz CT molecular complexity index is 375. The maximum absolute atomic E-state index is 12.8. The van der Waals surface area contributed by atoms with E-state index >= 15 is 0 Å². The Kier molecular flexibility index (Phi) is 4.56. The van der Waals surface area contributed by atoms with Gasteiger partial charge in [-0.2, -0.15) is 0 Å². The fraction of sp³-hybridized carbons (Fsp3) is 0.600. The predicted octanol–water partition coefficient (Wildman–Crippen LogP) is 1.22. The molecule has 0 atom stereocenters. The molecular formula is C10H15F2N3O2. The molecule has 0 aliphatic carbocycles. The second-order valence-corrected chi connectivity index (χ2v) is 3.45. The number of aromatic nitrogens is 2. The van der Waals surface area contributed by atoms with Gasteiger partial charge in [-0.3, -0.25) is 0 Å². The molecule has 0 amide bonds. The first kappa shape index (κ1) is 13.6. The minimum atomic E-state index is -3.18. The molecule has 0 saturated heterocycles. The van der Waals surface area contributed by atoms with Crippen LogP contribution < -0.4 is 10.1 Å². The lowest BCUT2D eigenvalue weighted by molar-refractivity contribution is -0.0373. The van der Waals surface area contributed by atoms with Crippen molar-refractivity contribution in [2.45, 2.75) is 19.8 Å². The van der Waals surface area contributed by atoms with Gasteiger partial charge in [0.2, 0.25) is 5.88 Å². The van der Waals surface area contributed by atoms with Crippen molar-refractivity contribution >= 4 is 5.82 Å². The maximum atomic E-state index is 12.8. The van der Waals surface area contributed by atoms with Crippen LogP contribution in [-0.2, 0) is 0 Å². The molecular weight excluding hydrogens is 232 g/mol. The Labute approximate surface area is 97.8 Å². The summed E-state index contributed by atoms with van der Waals surface area (Å²) in [6, 6.07) is 0. The molecule has 0 fully saturated rings. The highest BCUT2D eigenvalue weighted by molar-refractivity contribution is 5.47. The van der Waals surface area contributed by atoms with Gasteiger partial charge in [-0.15, -0.1) is 0 Å². The standard InChI is InChI=1S/C10H15F2N3O2/c1-3-17-9-7(2)8(14-6-15-9)13-4-10(11,12)5-16/h6,16H,3-5H2,1-2H3,(H,13,14,15). The first-order chi connectivity index (χ1) is 8.00. The van der Waals surface area contributed by atoms with Crippen molar-refractivity contribution in [2.75, 3.05) is 25.1 Å². The number of anilines is 1. The highest BCUT2D eigenvalue weighted by Gasteiger charge is 2.27. The van der Waals surface area contributed by atoms with Crippen molar-refractivity contribution in [1.29, 1.82) is 0 Å². The molecule has 0 aliphatic heterocycles. The molecule has 0 aliphatic rings. The van der Waals surface area contributed by atoms with Crippen LogP contribution in [0, 0.1) is 6.92 Å². The van der Waals surface area contributed by atoms with Crippen LogP contribution in [0.5, 0.6) is 5.88 Å². The molecule has 17 heavy (non-hydrogen) atoms. The number of hydrogen-bond donors (Lipinski definition) is 2. The van der Waals surface area contributed by atoms with Crippen LogP contribution in [0.1, 0.15) is 12.5 Å². The average Bonchev–Trinajstić information content (AvgIpc) is 2.31. The molecule has 0 spiro atoms. The molecule has 0 aromatic carbocycles. The van der Waals surface area contributed by atoms with Gasteiger partial charge >= 0.3 is 0 Å². The highest BCUT2D eigenvalue weighted by Crippen LogP contribution is 2.21. The molecule has 5 nitrogen and oxygen atoms in total. The Morgan fingerprint density at radius 2 is 2.18 bits per heavy atom. The SMILES string of the molecule is CCOc1ncnc(NCC(F)(F)CO)c1C. The Morgan fingerprint density at radius 1 is 1.47 bits per heavy atom. The summed E-state index contributed by atoms with van der Waals surface area (Å²) < 4.78 is 30.9. The van der Waals surface area contributed by atoms with E-state index in [4.69, 9.17) is 9.84 Å². The molecule has 1 heterocycles. The molecule has 0 bridgehead atoms. The molecule has 1 aromatic heterocycles. The van der Waals surface area contributed by atoms with Crippen LogP contribution in [0.15, 0.2) is 6.33 Å². The van der Waals surface area contributed by atoms with E-state index in [0.717, 1.165) is 0 Å². The Morgan fingerprint density at radius 3 is 2.76 bits per heavy atom. The van der Waals surface area contributed by atoms with Crippen molar-refractivity contribution in [1.82, 2.24) is 9.97 Å². The van der Waals surface area contributed by atoms with Crippen LogP contribution in [0.25, 0.3) is 0 Å². The van der Waals surface area contributed by atoms with Gasteiger partial charge in [-0.1, -0.05) is 0 Å². The maximum Gasteiger partial charge on any atom is 0.287 e. The third kappa shape index (κ3) is 3.77. The smallest absolute Gasteiger partial charge is 0.287 e. The zero-order valence-corrected chi connectivity index (χ0v) is 9.70. The van der Waals surface area contributed by atoms with Crippen molar-refractivity contribution in [3.63, 3.8) is 0 Å². The number of aliphatic hydroxyl groups is 1. The number of rotatable bonds is 6. The summed E-state index contributed by atoms with van der Waals surface area (Å²) in [5.74, 6) is -2.54. The molecule has 0 radical (unpaired) electrons. The van der Waals surface area contributed by atoms with Crippen LogP contribution >= 0.6 is 0 Å². The van der Waals surface area contributed by atoms with E-state index in [1.807, 2.05) is 0 Å². The number of aliphatic hydroxyl groups excluding tert-OH is 1. The molecule has 96 valence electrons. The monoisotopic (exact) mass is 247 g/mol. The van der Waals surface area contributed by atoms with Gasteiger partial charge in [-0.05, 0) is 13.8 Å². The number of nitrogens with one attached hydrogen (secondary N) is 1. The van der Waals surface area contributed by atoms with Crippen molar-refractivity contribution in [2.24, 2.45) is 0 Å². The lowest BCUT2D eigenvalue weighted by Crippen LogP contribution is -2.31. The van der Waals surface area contributed by atoms with Crippen LogP contribution in [0.3, 0.4) is 0 Å². The number of nitrogens with zero attached hydrogens (tertiary/aromatic N) is 2. The second kappa shape index (κ2) is 5.72. The van der Waals surface area contributed by atoms with Crippen LogP contribution in [0.2, 0.25) is 0 Å². The number of halogens is 2. The van der Waals surface area contributed by atoms with E-state index in [1.54, 1.807) is 13.8 Å². The summed E-state index contributed by atoms with van der Waals surface area (Å²) in [5.41, 5.74) is 0.558. The largest absolute Gasteiger partial charge is 0.478 e. The summed E-state index contributed by atoms with van der Waals surface area (Å²) in [5, 5.41) is 10.9. The third-order valence-electron chi connectivity index (χ3n) is 2.06. The Balaban J connectivity index is 2.75. The van der Waals surface area contributed by atoms with Gasteiger partial charge in [0.05, 0.1) is 18.7 Å². The minimum absolute atomic E-state index is 0.275. The fourth-order valence-corrected chi connectivity index (χ4v) is 1.16. The minimum Gasteiger partial charge on any atom is -0.478 e. The zero-order chi connectivity index (χ0) is 12.9. The van der Waals surface area contributed by atoms with Gasteiger partial charge in [-0.25, -0.2) is 18.7 Å². The van der Waals surface area contributed by atoms with Crippen LogP contribution in [-0.4, -0.2) is 40.8 Å². The van der Waals surface area contributed by atoms with E-state index in [0.29, 0.717) is 18.1 Å². The fourth-order valence-electron chi connectivity index (χ4n) is 1.16. The molecule has 1 aromatic rings. The molecule has 0 saturated carbocycles. The van der Waals surface area contributed by atoms with E-state index in [9.17, 15) is 8.78 Å². The summed E-state index contributed by atoms with van der Waals surface area (Å²) in [7, 11) is 0. The van der Waals surface area contributed by atoms with E-state index in [1.165, 1.54) is 6.33 Å². The lowest BCUT2D eigenvalue weighted by Gasteiger charge is -2.16. The van der Waals surface area contributed by atoms with E-state index in [-0.39, 0.29) is 5.82 Å². The lowest BCUT2D eigenvalue weighted by atomic mass is 10.3. The second-order valence-electron chi connectivity index (χ2n) is 3.45. The van der Waals surface area contributed by atoms with Gasteiger partial charge in [0.15, 0.2) is 0 Å². The number of hydrogen-bond acceptors (Lipinski definition) is 5. The first-order valence-corrected chi connectivity index (χ1v) is 5.17. The number of ether oxygens (including phenoxy) is 1. The van der Waals surface area contributed by atoms with Gasteiger partial charge in [0, 0.05) is 0 Å². The predicted molar refractivity (Wildman–Crippen MR) is 58.5 cm³/mol. The van der Waals surface area contributed by atoms with Crippen molar-refractivity contribution in [3.8, 4) is 5.88 Å². The highest BCUT2D eigenvalue weighted by atomic mass is 19.3. The average molecular weight is 247 g/mol. The quantitative estimate of drug-likeness (QED) is 0.791. The molecule has 0 unspecified atom stereocenters. The first-order valence-electron chi connectivity index (χ1n) is 5.17. The topological polar surface area (TPSA) is 67.3 Å². The van der Waals surface area contributed by atoms with Gasteiger partial charge < -0.3 is 15.2 Å². The Hall–Kier alpha value is -1.50. The molecule has 2 N–H and O–H groups in total. The van der Waals surface area contributed by atoms with E-state index in [2.05, 4.69) is 15.3 Å².